The summed E-state index contributed by atoms with van der Waals surface area (Å²) >= 11 is 5.50. The first-order chi connectivity index (χ1) is 9.75. The quantitative estimate of drug-likeness (QED) is 0.835. The second-order valence-corrected chi connectivity index (χ2v) is 6.90. The monoisotopic (exact) mass is 294 g/mol. The molecule has 1 unspecified atom stereocenters. The molecule has 2 heterocycles. The molecule has 1 aliphatic carbocycles. The van der Waals surface area contributed by atoms with Crippen molar-refractivity contribution in [2.24, 2.45) is 5.92 Å². The van der Waals surface area contributed by atoms with Crippen LogP contribution in [0.2, 0.25) is 0 Å². The minimum Gasteiger partial charge on any atom is -0.341 e. The normalized spacial score (nSPS) is 25.6. The van der Waals surface area contributed by atoms with Crippen LogP contribution in [0.15, 0.2) is 0 Å². The lowest BCUT2D eigenvalue weighted by Crippen LogP contribution is -2.29. The van der Waals surface area contributed by atoms with Crippen LogP contribution in [0.4, 0.5) is 5.95 Å². The lowest BCUT2D eigenvalue weighted by Gasteiger charge is -2.28. The highest BCUT2D eigenvalue weighted by Crippen LogP contribution is 2.32. The molecule has 1 aliphatic heterocycles. The molecular formula is C15H26N4S. The van der Waals surface area contributed by atoms with Gasteiger partial charge in [0.2, 0.25) is 5.95 Å². The SMILES string of the molecule is CC1CCCN(c2n[nH]c(=S)n2C2CCCCC2)CC1. The summed E-state index contributed by atoms with van der Waals surface area (Å²) in [4.78, 5) is 2.45. The minimum absolute atomic E-state index is 0.561. The van der Waals surface area contributed by atoms with Gasteiger partial charge in [-0.05, 0) is 50.2 Å². The molecule has 1 aromatic rings. The number of nitrogens with zero attached hydrogens (tertiary/aromatic N) is 3. The first-order valence-electron chi connectivity index (χ1n) is 8.17. The highest BCUT2D eigenvalue weighted by molar-refractivity contribution is 7.71. The van der Waals surface area contributed by atoms with Crippen LogP contribution in [0.3, 0.4) is 0 Å². The summed E-state index contributed by atoms with van der Waals surface area (Å²) in [6.45, 7) is 4.60. The number of anilines is 1. The lowest BCUT2D eigenvalue weighted by atomic mass is 9.95. The van der Waals surface area contributed by atoms with E-state index in [1.165, 1.54) is 51.4 Å². The summed E-state index contributed by atoms with van der Waals surface area (Å²) in [5.41, 5.74) is 0. The van der Waals surface area contributed by atoms with Crippen molar-refractivity contribution in [1.29, 1.82) is 0 Å². The molecule has 2 fully saturated rings. The van der Waals surface area contributed by atoms with Gasteiger partial charge in [-0.25, -0.2) is 5.10 Å². The van der Waals surface area contributed by atoms with Gasteiger partial charge in [-0.1, -0.05) is 26.2 Å². The van der Waals surface area contributed by atoms with Gasteiger partial charge in [0.15, 0.2) is 4.77 Å². The van der Waals surface area contributed by atoms with Crippen molar-refractivity contribution in [3.63, 3.8) is 0 Å². The summed E-state index contributed by atoms with van der Waals surface area (Å²) < 4.78 is 3.12. The Hall–Kier alpha value is -0.840. The highest BCUT2D eigenvalue weighted by Gasteiger charge is 2.24. The Bertz CT molecular complexity index is 486. The zero-order chi connectivity index (χ0) is 13.9. The van der Waals surface area contributed by atoms with Crippen LogP contribution in [-0.4, -0.2) is 27.9 Å². The van der Waals surface area contributed by atoms with Crippen LogP contribution in [0.5, 0.6) is 0 Å². The Balaban J connectivity index is 1.84. The van der Waals surface area contributed by atoms with Crippen LogP contribution in [0.1, 0.15) is 64.3 Å². The van der Waals surface area contributed by atoms with E-state index in [0.29, 0.717) is 6.04 Å². The van der Waals surface area contributed by atoms with Gasteiger partial charge in [0, 0.05) is 19.1 Å². The minimum atomic E-state index is 0.561. The summed E-state index contributed by atoms with van der Waals surface area (Å²) in [5.74, 6) is 1.93. The van der Waals surface area contributed by atoms with E-state index < -0.39 is 0 Å². The highest BCUT2D eigenvalue weighted by atomic mass is 32.1. The van der Waals surface area contributed by atoms with E-state index in [-0.39, 0.29) is 0 Å². The number of H-pyrrole nitrogens is 1. The summed E-state index contributed by atoms with van der Waals surface area (Å²) in [6.07, 6.45) is 10.4. The van der Waals surface area contributed by atoms with Gasteiger partial charge >= 0.3 is 0 Å². The number of aromatic nitrogens is 3. The number of hydrogen-bond acceptors (Lipinski definition) is 3. The summed E-state index contributed by atoms with van der Waals surface area (Å²) in [5, 5.41) is 7.59. The van der Waals surface area contributed by atoms with E-state index in [9.17, 15) is 0 Å². The number of hydrogen-bond donors (Lipinski definition) is 1. The van der Waals surface area contributed by atoms with Crippen molar-refractivity contribution in [2.45, 2.75) is 64.3 Å². The van der Waals surface area contributed by atoms with Crippen molar-refractivity contribution in [3.8, 4) is 0 Å². The fraction of sp³-hybridized carbons (Fsp3) is 0.867. The molecule has 0 amide bonds. The van der Waals surface area contributed by atoms with Crippen LogP contribution >= 0.6 is 12.2 Å². The van der Waals surface area contributed by atoms with Crippen molar-refractivity contribution in [3.05, 3.63) is 4.77 Å². The zero-order valence-corrected chi connectivity index (χ0v) is 13.3. The van der Waals surface area contributed by atoms with Gasteiger partial charge in [-0.2, -0.15) is 0 Å². The maximum Gasteiger partial charge on any atom is 0.225 e. The Morgan fingerprint density at radius 2 is 1.85 bits per heavy atom. The molecule has 4 nitrogen and oxygen atoms in total. The second-order valence-electron chi connectivity index (χ2n) is 6.51. The summed E-state index contributed by atoms with van der Waals surface area (Å²) in [6, 6.07) is 0.561. The molecule has 0 bridgehead atoms. The molecule has 1 N–H and O–H groups in total. The first-order valence-corrected chi connectivity index (χ1v) is 8.58. The molecule has 3 rings (SSSR count). The molecule has 0 radical (unpaired) electrons. The fourth-order valence-electron chi connectivity index (χ4n) is 3.65. The van der Waals surface area contributed by atoms with Gasteiger partial charge in [0.05, 0.1) is 0 Å². The first kappa shape index (κ1) is 14.1. The van der Waals surface area contributed by atoms with Crippen LogP contribution in [0.25, 0.3) is 0 Å². The van der Waals surface area contributed by atoms with Gasteiger partial charge in [0.25, 0.3) is 0 Å². The van der Waals surface area contributed by atoms with Crippen molar-refractivity contribution in [1.82, 2.24) is 14.8 Å². The standard InChI is InChI=1S/C15H26N4S/c1-12-6-5-10-18(11-9-12)14-16-17-15(20)19(14)13-7-3-2-4-8-13/h12-13H,2-11H2,1H3,(H,17,20). The van der Waals surface area contributed by atoms with Gasteiger partial charge < -0.3 is 4.90 Å². The van der Waals surface area contributed by atoms with E-state index in [0.717, 1.165) is 29.7 Å². The van der Waals surface area contributed by atoms with E-state index in [2.05, 4.69) is 26.6 Å². The maximum atomic E-state index is 5.50. The average Bonchev–Trinajstić information content (AvgIpc) is 2.71. The molecule has 0 aromatic carbocycles. The molecule has 20 heavy (non-hydrogen) atoms. The predicted octanol–water partition coefficient (Wildman–Crippen LogP) is 4.07. The molecule has 1 aromatic heterocycles. The topological polar surface area (TPSA) is 36.9 Å². The molecule has 1 saturated heterocycles. The smallest absolute Gasteiger partial charge is 0.225 e. The van der Waals surface area contributed by atoms with Crippen LogP contribution in [-0.2, 0) is 0 Å². The second kappa shape index (κ2) is 6.29. The molecule has 1 saturated carbocycles. The zero-order valence-electron chi connectivity index (χ0n) is 12.5. The molecule has 1 atom stereocenters. The molecule has 5 heteroatoms. The lowest BCUT2D eigenvalue weighted by molar-refractivity contribution is 0.350. The molecule has 0 spiro atoms. The Morgan fingerprint density at radius 3 is 2.65 bits per heavy atom. The average molecular weight is 294 g/mol. The van der Waals surface area contributed by atoms with Crippen LogP contribution < -0.4 is 4.90 Å². The van der Waals surface area contributed by atoms with E-state index in [1.807, 2.05) is 0 Å². The van der Waals surface area contributed by atoms with Crippen molar-refractivity contribution < 1.29 is 0 Å². The van der Waals surface area contributed by atoms with E-state index >= 15 is 0 Å². The number of nitrogens with one attached hydrogen (secondary N) is 1. The number of aromatic amines is 1. The van der Waals surface area contributed by atoms with Gasteiger partial charge in [-0.15, -0.1) is 5.10 Å². The van der Waals surface area contributed by atoms with Gasteiger partial charge in [-0.3, -0.25) is 4.57 Å². The van der Waals surface area contributed by atoms with Crippen molar-refractivity contribution >= 4 is 18.2 Å². The third-order valence-corrected chi connectivity index (χ3v) is 5.21. The third-order valence-electron chi connectivity index (χ3n) is 4.93. The van der Waals surface area contributed by atoms with Crippen molar-refractivity contribution in [2.75, 3.05) is 18.0 Å². The molecule has 112 valence electrons. The van der Waals surface area contributed by atoms with E-state index in [1.54, 1.807) is 0 Å². The fourth-order valence-corrected chi connectivity index (χ4v) is 3.93. The third kappa shape index (κ3) is 2.92. The van der Waals surface area contributed by atoms with Gasteiger partial charge in [0.1, 0.15) is 0 Å². The number of rotatable bonds is 2. The van der Waals surface area contributed by atoms with Crippen LogP contribution in [0, 0.1) is 10.7 Å². The summed E-state index contributed by atoms with van der Waals surface area (Å²) in [7, 11) is 0. The van der Waals surface area contributed by atoms with E-state index in [4.69, 9.17) is 12.2 Å². The largest absolute Gasteiger partial charge is 0.341 e. The maximum absolute atomic E-state index is 5.50. The predicted molar refractivity (Wildman–Crippen MR) is 84.8 cm³/mol. The Kier molecular flexibility index (Phi) is 4.44. The Morgan fingerprint density at radius 1 is 1.05 bits per heavy atom. The molecular weight excluding hydrogens is 268 g/mol. The Labute approximate surface area is 126 Å². The molecule has 2 aliphatic rings.